The maximum atomic E-state index is 12.0. The molecule has 1 heterocycles. The molecule has 0 fully saturated rings. The summed E-state index contributed by atoms with van der Waals surface area (Å²) in [5, 5.41) is 10.3. The van der Waals surface area contributed by atoms with Crippen molar-refractivity contribution in [2.45, 2.75) is 13.8 Å². The van der Waals surface area contributed by atoms with E-state index < -0.39 is 17.1 Å². The van der Waals surface area contributed by atoms with Gasteiger partial charge in [-0.05, 0) is 25.2 Å². The maximum absolute atomic E-state index is 12.0. The van der Waals surface area contributed by atoms with E-state index in [0.717, 1.165) is 24.2 Å². The van der Waals surface area contributed by atoms with E-state index in [2.05, 4.69) is 28.7 Å². The summed E-state index contributed by atoms with van der Waals surface area (Å²) in [6.07, 6.45) is 1.32. The van der Waals surface area contributed by atoms with Crippen LogP contribution in [0.2, 0.25) is 0 Å². The number of hydrogen-bond donors (Lipinski definition) is 2. The number of aromatic amines is 1. The first kappa shape index (κ1) is 17.7. The van der Waals surface area contributed by atoms with E-state index in [9.17, 15) is 14.7 Å². The molecule has 0 aliphatic rings. The van der Waals surface area contributed by atoms with E-state index in [1.54, 1.807) is 30.3 Å². The molecule has 128 valence electrons. The molecular weight excluding hydrogens is 308 g/mol. The number of benzene rings is 1. The molecule has 24 heavy (non-hydrogen) atoms. The van der Waals surface area contributed by atoms with Gasteiger partial charge in [0.1, 0.15) is 5.56 Å². The highest BCUT2D eigenvalue weighted by Gasteiger charge is 2.13. The van der Waals surface area contributed by atoms with Crippen molar-refractivity contribution in [3.63, 3.8) is 0 Å². The summed E-state index contributed by atoms with van der Waals surface area (Å²) in [6, 6.07) is 8.61. The van der Waals surface area contributed by atoms with Gasteiger partial charge in [-0.2, -0.15) is 0 Å². The quantitative estimate of drug-likeness (QED) is 0.741. The number of para-hydroxylation sites is 1. The largest absolute Gasteiger partial charge is 0.493 e. The first-order valence-corrected chi connectivity index (χ1v) is 7.94. The van der Waals surface area contributed by atoms with Crippen molar-refractivity contribution in [1.82, 2.24) is 14.5 Å². The Morgan fingerprint density at radius 2 is 1.88 bits per heavy atom. The molecule has 0 bridgehead atoms. The van der Waals surface area contributed by atoms with Crippen LogP contribution in [-0.2, 0) is 0 Å². The third-order valence-electron chi connectivity index (χ3n) is 3.80. The molecule has 0 saturated heterocycles. The van der Waals surface area contributed by atoms with Gasteiger partial charge in [0.2, 0.25) is 5.88 Å². The molecule has 0 aliphatic carbocycles. The maximum Gasteiger partial charge on any atom is 0.335 e. The van der Waals surface area contributed by atoms with Gasteiger partial charge in [0, 0.05) is 12.8 Å². The van der Waals surface area contributed by atoms with E-state index in [4.69, 9.17) is 0 Å². The molecule has 0 amide bonds. The summed E-state index contributed by atoms with van der Waals surface area (Å²) in [5.74, 6) is -0.415. The van der Waals surface area contributed by atoms with Gasteiger partial charge in [-0.15, -0.1) is 0 Å². The summed E-state index contributed by atoms with van der Waals surface area (Å²) in [7, 11) is 0. The standard InChI is InChI=1S/C17H22N4O3/c1-3-20(4-2)11-10-18-12-14-15(22)19-17(24)21(16(14)23)13-8-6-5-7-9-13/h5-9,12,23H,3-4,10-11H2,1-2H3,(H,19,22,24). The Hall–Kier alpha value is -2.67. The van der Waals surface area contributed by atoms with Crippen LogP contribution in [0.1, 0.15) is 19.4 Å². The number of aromatic hydroxyl groups is 1. The zero-order valence-electron chi connectivity index (χ0n) is 13.9. The van der Waals surface area contributed by atoms with E-state index in [1.165, 1.54) is 6.21 Å². The van der Waals surface area contributed by atoms with Crippen molar-refractivity contribution in [3.05, 3.63) is 56.7 Å². The van der Waals surface area contributed by atoms with Crippen LogP contribution in [0.3, 0.4) is 0 Å². The topological polar surface area (TPSA) is 90.7 Å². The molecule has 0 unspecified atom stereocenters. The van der Waals surface area contributed by atoms with Crippen molar-refractivity contribution in [1.29, 1.82) is 0 Å². The minimum atomic E-state index is -0.691. The van der Waals surface area contributed by atoms with Crippen molar-refractivity contribution >= 4 is 6.21 Å². The monoisotopic (exact) mass is 330 g/mol. The van der Waals surface area contributed by atoms with Crippen molar-refractivity contribution in [2.75, 3.05) is 26.2 Å². The minimum Gasteiger partial charge on any atom is -0.493 e. The normalized spacial score (nSPS) is 11.5. The smallest absolute Gasteiger partial charge is 0.335 e. The molecule has 2 N–H and O–H groups in total. The minimum absolute atomic E-state index is 0.0296. The summed E-state index contributed by atoms with van der Waals surface area (Å²) < 4.78 is 1.05. The van der Waals surface area contributed by atoms with Crippen LogP contribution in [0.15, 0.2) is 44.9 Å². The number of H-pyrrole nitrogens is 1. The molecule has 0 atom stereocenters. The summed E-state index contributed by atoms with van der Waals surface area (Å²) in [4.78, 5) is 32.6. The zero-order valence-corrected chi connectivity index (χ0v) is 13.9. The number of aliphatic imine (C=N–C) groups is 1. The summed E-state index contributed by atoms with van der Waals surface area (Å²) >= 11 is 0. The van der Waals surface area contributed by atoms with Crippen LogP contribution < -0.4 is 11.2 Å². The van der Waals surface area contributed by atoms with Crippen molar-refractivity contribution in [3.8, 4) is 11.6 Å². The van der Waals surface area contributed by atoms with Crippen LogP contribution in [-0.4, -0.2) is 52.0 Å². The predicted molar refractivity (Wildman–Crippen MR) is 94.6 cm³/mol. The number of nitrogens with zero attached hydrogens (tertiary/aromatic N) is 3. The fourth-order valence-corrected chi connectivity index (χ4v) is 2.37. The lowest BCUT2D eigenvalue weighted by Crippen LogP contribution is -2.31. The van der Waals surface area contributed by atoms with Gasteiger partial charge in [0.05, 0.1) is 12.2 Å². The third kappa shape index (κ3) is 3.99. The molecule has 2 rings (SSSR count). The number of likely N-dealkylation sites (N-methyl/N-ethyl adjacent to an activating group) is 1. The lowest BCUT2D eigenvalue weighted by molar-refractivity contribution is 0.313. The molecule has 0 aliphatic heterocycles. The summed E-state index contributed by atoms with van der Waals surface area (Å²) in [6.45, 7) is 7.26. The fourth-order valence-electron chi connectivity index (χ4n) is 2.37. The Morgan fingerprint density at radius 1 is 1.21 bits per heavy atom. The fraction of sp³-hybridized carbons (Fsp3) is 0.353. The highest BCUT2D eigenvalue weighted by Crippen LogP contribution is 2.14. The highest BCUT2D eigenvalue weighted by molar-refractivity contribution is 5.82. The molecular formula is C17H22N4O3. The molecule has 7 nitrogen and oxygen atoms in total. The molecule has 0 spiro atoms. The molecule has 7 heteroatoms. The van der Waals surface area contributed by atoms with Crippen LogP contribution in [0, 0.1) is 0 Å². The van der Waals surface area contributed by atoms with Crippen LogP contribution in [0.5, 0.6) is 5.88 Å². The van der Waals surface area contributed by atoms with E-state index >= 15 is 0 Å². The Labute approximate surface area is 139 Å². The van der Waals surface area contributed by atoms with Crippen LogP contribution >= 0.6 is 0 Å². The average Bonchev–Trinajstić information content (AvgIpc) is 2.58. The van der Waals surface area contributed by atoms with E-state index in [1.807, 2.05) is 0 Å². The number of aromatic nitrogens is 2. The summed E-state index contributed by atoms with van der Waals surface area (Å²) in [5.41, 5.74) is -0.910. The Kier molecular flexibility index (Phi) is 6.08. The second kappa shape index (κ2) is 8.26. The molecule has 0 radical (unpaired) electrons. The van der Waals surface area contributed by atoms with Gasteiger partial charge < -0.3 is 10.0 Å². The first-order chi connectivity index (χ1) is 11.6. The van der Waals surface area contributed by atoms with Gasteiger partial charge in [-0.25, -0.2) is 9.36 Å². The molecule has 1 aromatic carbocycles. The lowest BCUT2D eigenvalue weighted by Gasteiger charge is -2.15. The molecule has 2 aromatic rings. The lowest BCUT2D eigenvalue weighted by atomic mass is 10.3. The van der Waals surface area contributed by atoms with E-state index in [-0.39, 0.29) is 5.56 Å². The Balaban J connectivity index is 2.31. The van der Waals surface area contributed by atoms with Gasteiger partial charge in [0.15, 0.2) is 0 Å². The third-order valence-corrected chi connectivity index (χ3v) is 3.80. The SMILES string of the molecule is CCN(CC)CCN=Cc1c(O)n(-c2ccccc2)c(=O)[nH]c1=O. The number of nitrogens with one attached hydrogen (secondary N) is 1. The van der Waals surface area contributed by atoms with Gasteiger partial charge >= 0.3 is 5.69 Å². The van der Waals surface area contributed by atoms with Gasteiger partial charge in [-0.1, -0.05) is 32.0 Å². The van der Waals surface area contributed by atoms with Gasteiger partial charge in [-0.3, -0.25) is 14.8 Å². The number of rotatable bonds is 7. The van der Waals surface area contributed by atoms with Crippen molar-refractivity contribution < 1.29 is 5.11 Å². The second-order valence-corrected chi connectivity index (χ2v) is 5.23. The van der Waals surface area contributed by atoms with Crippen LogP contribution in [0.25, 0.3) is 5.69 Å². The average molecular weight is 330 g/mol. The van der Waals surface area contributed by atoms with E-state index in [0.29, 0.717) is 12.2 Å². The second-order valence-electron chi connectivity index (χ2n) is 5.23. The molecule has 0 saturated carbocycles. The number of hydrogen-bond acceptors (Lipinski definition) is 5. The van der Waals surface area contributed by atoms with Crippen molar-refractivity contribution in [2.24, 2.45) is 4.99 Å². The van der Waals surface area contributed by atoms with Crippen LogP contribution in [0.4, 0.5) is 0 Å². The first-order valence-electron chi connectivity index (χ1n) is 7.94. The predicted octanol–water partition coefficient (Wildman–Crippen LogP) is 0.992. The van der Waals surface area contributed by atoms with Gasteiger partial charge in [0.25, 0.3) is 5.56 Å². The zero-order chi connectivity index (χ0) is 17.5. The Bertz CT molecular complexity index is 805. The Morgan fingerprint density at radius 3 is 2.50 bits per heavy atom. The molecule has 1 aromatic heterocycles. The highest BCUT2D eigenvalue weighted by atomic mass is 16.3.